The minimum Gasteiger partial charge on any atom is -0.406 e. The van der Waals surface area contributed by atoms with Crippen molar-refractivity contribution in [3.05, 3.63) is 89.7 Å². The van der Waals surface area contributed by atoms with Crippen LogP contribution >= 0.6 is 11.6 Å². The first kappa shape index (κ1) is 23.1. The molecule has 0 aliphatic heterocycles. The lowest BCUT2D eigenvalue weighted by Crippen LogP contribution is -2.21. The zero-order chi connectivity index (χ0) is 24.3. The van der Waals surface area contributed by atoms with Crippen LogP contribution in [-0.2, 0) is 0 Å². The maximum Gasteiger partial charge on any atom is 0.573 e. The van der Waals surface area contributed by atoms with Crippen LogP contribution in [0.4, 0.5) is 33.9 Å². The van der Waals surface area contributed by atoms with Crippen LogP contribution in [0.5, 0.6) is 5.75 Å². The summed E-state index contributed by atoms with van der Waals surface area (Å²) in [6.45, 7) is 0. The van der Waals surface area contributed by atoms with Crippen molar-refractivity contribution in [2.45, 2.75) is 6.36 Å². The average molecular weight is 491 g/mol. The largest absolute Gasteiger partial charge is 0.573 e. The molecule has 1 aromatic heterocycles. The number of nitrogens with one attached hydrogen (secondary N) is 2. The second-order valence-electron chi connectivity index (χ2n) is 6.96. The normalized spacial score (nSPS) is 11.2. The van der Waals surface area contributed by atoms with E-state index in [4.69, 9.17) is 11.6 Å². The predicted octanol–water partition coefficient (Wildman–Crippen LogP) is 6.87. The van der Waals surface area contributed by atoms with E-state index < -0.39 is 24.0 Å². The molecule has 0 spiro atoms. The Balaban J connectivity index is 1.56. The number of ether oxygens (including phenoxy) is 1. The highest BCUT2D eigenvalue weighted by Crippen LogP contribution is 2.27. The molecule has 0 atom stereocenters. The van der Waals surface area contributed by atoms with E-state index >= 15 is 0 Å². The first-order valence-corrected chi connectivity index (χ1v) is 10.1. The highest BCUT2D eigenvalue weighted by Gasteiger charge is 2.31. The van der Waals surface area contributed by atoms with Crippen molar-refractivity contribution in [3.8, 4) is 22.7 Å². The van der Waals surface area contributed by atoms with E-state index in [0.29, 0.717) is 16.4 Å². The fourth-order valence-electron chi connectivity index (χ4n) is 3.03. The Labute approximate surface area is 195 Å². The molecule has 0 radical (unpaired) electrons. The van der Waals surface area contributed by atoms with Crippen molar-refractivity contribution >= 4 is 29.1 Å². The van der Waals surface area contributed by atoms with Crippen LogP contribution in [0.3, 0.4) is 0 Å². The Morgan fingerprint density at radius 2 is 1.56 bits per heavy atom. The number of anilines is 2. The van der Waals surface area contributed by atoms with E-state index in [1.54, 1.807) is 30.3 Å². The van der Waals surface area contributed by atoms with E-state index in [1.165, 1.54) is 41.1 Å². The molecule has 0 aliphatic carbocycles. The van der Waals surface area contributed by atoms with Gasteiger partial charge >= 0.3 is 12.4 Å². The standard InChI is InChI=1S/C23H15ClF4N4O2/c24-15-3-1-14(2-4-15)20-13-21(32(31-20)18-9-5-16(25)6-10-18)30-22(33)29-17-7-11-19(12-8-17)34-23(26,27)28/h1-13H,(H2,29,30,33). The molecule has 174 valence electrons. The molecule has 11 heteroatoms. The average Bonchev–Trinajstić information content (AvgIpc) is 3.18. The summed E-state index contributed by atoms with van der Waals surface area (Å²) in [5, 5.41) is 10.2. The third kappa shape index (κ3) is 5.84. The monoisotopic (exact) mass is 490 g/mol. The number of nitrogens with zero attached hydrogens (tertiary/aromatic N) is 2. The molecule has 6 nitrogen and oxygen atoms in total. The van der Waals surface area contributed by atoms with Crippen molar-refractivity contribution in [1.82, 2.24) is 9.78 Å². The fourth-order valence-corrected chi connectivity index (χ4v) is 3.16. The maximum atomic E-state index is 13.4. The van der Waals surface area contributed by atoms with Gasteiger partial charge in [-0.3, -0.25) is 5.32 Å². The van der Waals surface area contributed by atoms with Crippen LogP contribution in [0.1, 0.15) is 0 Å². The van der Waals surface area contributed by atoms with Gasteiger partial charge in [-0.05, 0) is 60.7 Å². The van der Waals surface area contributed by atoms with E-state index in [-0.39, 0.29) is 11.5 Å². The molecule has 0 bridgehead atoms. The van der Waals surface area contributed by atoms with Crippen LogP contribution in [0.15, 0.2) is 78.9 Å². The Morgan fingerprint density at radius 1 is 0.912 bits per heavy atom. The summed E-state index contributed by atoms with van der Waals surface area (Å²) in [6.07, 6.45) is -4.81. The number of hydrogen-bond acceptors (Lipinski definition) is 3. The maximum absolute atomic E-state index is 13.4. The molecule has 0 aliphatic rings. The van der Waals surface area contributed by atoms with Gasteiger partial charge in [0.05, 0.1) is 11.4 Å². The van der Waals surface area contributed by atoms with E-state index in [0.717, 1.165) is 17.7 Å². The topological polar surface area (TPSA) is 68.2 Å². The van der Waals surface area contributed by atoms with Crippen molar-refractivity contribution in [2.24, 2.45) is 0 Å². The quantitative estimate of drug-likeness (QED) is 0.300. The Morgan fingerprint density at radius 3 is 2.18 bits per heavy atom. The summed E-state index contributed by atoms with van der Waals surface area (Å²) in [5.74, 6) is -0.578. The van der Waals surface area contributed by atoms with Crippen molar-refractivity contribution < 1.29 is 27.1 Å². The number of carbonyl (C=O) groups excluding carboxylic acids is 1. The SMILES string of the molecule is O=C(Nc1ccc(OC(F)(F)F)cc1)Nc1cc(-c2ccc(Cl)cc2)nn1-c1ccc(F)cc1. The number of alkyl halides is 3. The number of benzene rings is 3. The van der Waals surface area contributed by atoms with Crippen LogP contribution in [0, 0.1) is 5.82 Å². The molecule has 0 fully saturated rings. The van der Waals surface area contributed by atoms with Crippen molar-refractivity contribution in [2.75, 3.05) is 10.6 Å². The summed E-state index contributed by atoms with van der Waals surface area (Å²) in [6, 6.07) is 18.0. The number of rotatable bonds is 5. The third-order valence-electron chi connectivity index (χ3n) is 4.51. The lowest BCUT2D eigenvalue weighted by atomic mass is 10.1. The minimum absolute atomic E-state index is 0.234. The number of halogens is 5. The first-order chi connectivity index (χ1) is 16.2. The Bertz CT molecular complexity index is 1290. The smallest absolute Gasteiger partial charge is 0.406 e. The summed E-state index contributed by atoms with van der Waals surface area (Å²) in [5.41, 5.74) is 1.97. The highest BCUT2D eigenvalue weighted by molar-refractivity contribution is 6.30. The van der Waals surface area contributed by atoms with Gasteiger partial charge in [-0.25, -0.2) is 13.9 Å². The third-order valence-corrected chi connectivity index (χ3v) is 4.76. The molecule has 4 aromatic rings. The number of hydrogen-bond donors (Lipinski definition) is 2. The molecular weight excluding hydrogens is 476 g/mol. The molecular formula is C23H15ClF4N4O2. The molecule has 4 rings (SSSR count). The van der Waals surface area contributed by atoms with Crippen LogP contribution < -0.4 is 15.4 Å². The summed E-state index contributed by atoms with van der Waals surface area (Å²) < 4.78 is 55.5. The van der Waals surface area contributed by atoms with Gasteiger partial charge in [0, 0.05) is 22.3 Å². The van der Waals surface area contributed by atoms with E-state index in [9.17, 15) is 22.4 Å². The second-order valence-corrected chi connectivity index (χ2v) is 7.40. The van der Waals surface area contributed by atoms with Crippen molar-refractivity contribution in [1.29, 1.82) is 0 Å². The zero-order valence-corrected chi connectivity index (χ0v) is 17.9. The van der Waals surface area contributed by atoms with Gasteiger partial charge in [0.2, 0.25) is 0 Å². The van der Waals surface area contributed by atoms with Gasteiger partial charge in [-0.1, -0.05) is 23.7 Å². The van der Waals surface area contributed by atoms with Gasteiger partial charge in [0.15, 0.2) is 0 Å². The first-order valence-electron chi connectivity index (χ1n) is 9.72. The number of aromatic nitrogens is 2. The number of amides is 2. The Kier molecular flexibility index (Phi) is 6.42. The number of urea groups is 1. The lowest BCUT2D eigenvalue weighted by molar-refractivity contribution is -0.274. The predicted molar refractivity (Wildman–Crippen MR) is 120 cm³/mol. The summed E-state index contributed by atoms with van der Waals surface area (Å²) in [4.78, 5) is 12.6. The molecule has 34 heavy (non-hydrogen) atoms. The highest BCUT2D eigenvalue weighted by atomic mass is 35.5. The molecule has 0 saturated heterocycles. The van der Waals surface area contributed by atoms with Crippen LogP contribution in [0.2, 0.25) is 5.02 Å². The Hall–Kier alpha value is -4.05. The van der Waals surface area contributed by atoms with E-state index in [1.807, 2.05) is 0 Å². The number of carbonyl (C=O) groups is 1. The van der Waals surface area contributed by atoms with Gasteiger partial charge in [0.1, 0.15) is 17.4 Å². The molecule has 3 aromatic carbocycles. The molecule has 0 saturated carbocycles. The zero-order valence-electron chi connectivity index (χ0n) is 17.1. The lowest BCUT2D eigenvalue weighted by Gasteiger charge is -2.11. The molecule has 2 N–H and O–H groups in total. The van der Waals surface area contributed by atoms with Crippen LogP contribution in [-0.4, -0.2) is 22.2 Å². The molecule has 0 unspecified atom stereocenters. The summed E-state index contributed by atoms with van der Waals surface area (Å²) >= 11 is 5.94. The molecule has 1 heterocycles. The second kappa shape index (κ2) is 9.44. The van der Waals surface area contributed by atoms with E-state index in [2.05, 4.69) is 20.5 Å². The van der Waals surface area contributed by atoms with Gasteiger partial charge in [0.25, 0.3) is 0 Å². The van der Waals surface area contributed by atoms with Crippen molar-refractivity contribution in [3.63, 3.8) is 0 Å². The minimum atomic E-state index is -4.81. The van der Waals surface area contributed by atoms with Gasteiger partial charge in [-0.15, -0.1) is 13.2 Å². The summed E-state index contributed by atoms with van der Waals surface area (Å²) in [7, 11) is 0. The molecule has 2 amide bonds. The van der Waals surface area contributed by atoms with Gasteiger partial charge < -0.3 is 10.1 Å². The van der Waals surface area contributed by atoms with Gasteiger partial charge in [-0.2, -0.15) is 5.10 Å². The fraction of sp³-hybridized carbons (Fsp3) is 0.0435. The van der Waals surface area contributed by atoms with Crippen LogP contribution in [0.25, 0.3) is 16.9 Å².